The Bertz CT molecular complexity index is 408. The summed E-state index contributed by atoms with van der Waals surface area (Å²) in [6.07, 6.45) is 3.88. The van der Waals surface area contributed by atoms with Crippen LogP contribution in [0, 0.1) is 0 Å². The molecule has 0 bridgehead atoms. The van der Waals surface area contributed by atoms with Crippen molar-refractivity contribution in [3.05, 3.63) is 22.2 Å². The SMILES string of the molecule is CCCCCNCc1cc(OC)c(OC(C)C)cc1Br. The summed E-state index contributed by atoms with van der Waals surface area (Å²) in [4.78, 5) is 0. The largest absolute Gasteiger partial charge is 0.493 e. The quantitative estimate of drug-likeness (QED) is 0.668. The molecule has 0 fully saturated rings. The van der Waals surface area contributed by atoms with Crippen molar-refractivity contribution in [2.24, 2.45) is 0 Å². The normalized spacial score (nSPS) is 10.9. The van der Waals surface area contributed by atoms with Crippen LogP contribution in [-0.4, -0.2) is 19.8 Å². The van der Waals surface area contributed by atoms with E-state index in [1.807, 2.05) is 26.0 Å². The van der Waals surface area contributed by atoms with Gasteiger partial charge in [0.05, 0.1) is 13.2 Å². The first-order valence-corrected chi connectivity index (χ1v) is 8.11. The molecule has 0 aliphatic heterocycles. The van der Waals surface area contributed by atoms with Crippen molar-refractivity contribution in [1.29, 1.82) is 0 Å². The fourth-order valence-electron chi connectivity index (χ4n) is 1.94. The number of methoxy groups -OCH3 is 1. The van der Waals surface area contributed by atoms with Gasteiger partial charge >= 0.3 is 0 Å². The number of halogens is 1. The summed E-state index contributed by atoms with van der Waals surface area (Å²) >= 11 is 3.61. The molecule has 0 aliphatic carbocycles. The highest BCUT2D eigenvalue weighted by atomic mass is 79.9. The Morgan fingerprint density at radius 3 is 2.55 bits per heavy atom. The lowest BCUT2D eigenvalue weighted by molar-refractivity contribution is 0.230. The maximum absolute atomic E-state index is 5.75. The van der Waals surface area contributed by atoms with E-state index >= 15 is 0 Å². The van der Waals surface area contributed by atoms with Crippen LogP contribution in [0.15, 0.2) is 16.6 Å². The number of hydrogen-bond acceptors (Lipinski definition) is 3. The number of unbranched alkanes of at least 4 members (excludes halogenated alkanes) is 2. The minimum absolute atomic E-state index is 0.133. The van der Waals surface area contributed by atoms with E-state index in [1.165, 1.54) is 24.8 Å². The first kappa shape index (κ1) is 17.3. The second-order valence-electron chi connectivity index (χ2n) is 5.14. The molecule has 0 spiro atoms. The molecule has 0 aromatic heterocycles. The predicted octanol–water partition coefficient (Wildman–Crippen LogP) is 4.52. The Kier molecular flexibility index (Phi) is 8.00. The molecule has 0 atom stereocenters. The summed E-state index contributed by atoms with van der Waals surface area (Å²) in [5, 5.41) is 3.46. The van der Waals surface area contributed by atoms with Crippen LogP contribution in [0.2, 0.25) is 0 Å². The molecule has 0 radical (unpaired) electrons. The van der Waals surface area contributed by atoms with E-state index in [1.54, 1.807) is 7.11 Å². The summed E-state index contributed by atoms with van der Waals surface area (Å²) in [6, 6.07) is 4.02. The standard InChI is InChI=1S/C16H26BrNO2/c1-5-6-7-8-18-11-13-9-15(19-4)16(10-14(13)17)20-12(2)3/h9-10,12,18H,5-8,11H2,1-4H3. The van der Waals surface area contributed by atoms with Crippen LogP contribution >= 0.6 is 15.9 Å². The summed E-state index contributed by atoms with van der Waals surface area (Å²) in [5.74, 6) is 1.57. The topological polar surface area (TPSA) is 30.5 Å². The maximum atomic E-state index is 5.75. The lowest BCUT2D eigenvalue weighted by Crippen LogP contribution is -2.15. The summed E-state index contributed by atoms with van der Waals surface area (Å²) in [7, 11) is 1.68. The molecule has 20 heavy (non-hydrogen) atoms. The van der Waals surface area contributed by atoms with E-state index in [4.69, 9.17) is 9.47 Å². The smallest absolute Gasteiger partial charge is 0.162 e. The highest BCUT2D eigenvalue weighted by Crippen LogP contribution is 2.34. The predicted molar refractivity (Wildman–Crippen MR) is 87.7 cm³/mol. The van der Waals surface area contributed by atoms with E-state index in [9.17, 15) is 0 Å². The second kappa shape index (κ2) is 9.24. The minimum atomic E-state index is 0.133. The van der Waals surface area contributed by atoms with Gasteiger partial charge < -0.3 is 14.8 Å². The molecule has 1 aromatic carbocycles. The van der Waals surface area contributed by atoms with Crippen molar-refractivity contribution in [2.75, 3.05) is 13.7 Å². The van der Waals surface area contributed by atoms with Crippen LogP contribution in [0.4, 0.5) is 0 Å². The molecule has 0 aliphatic rings. The van der Waals surface area contributed by atoms with Gasteiger partial charge in [-0.15, -0.1) is 0 Å². The van der Waals surface area contributed by atoms with Gasteiger partial charge in [0.1, 0.15) is 0 Å². The van der Waals surface area contributed by atoms with Gasteiger partial charge in [-0.2, -0.15) is 0 Å². The van der Waals surface area contributed by atoms with E-state index in [-0.39, 0.29) is 6.10 Å². The molecule has 1 rings (SSSR count). The van der Waals surface area contributed by atoms with Gasteiger partial charge in [-0.05, 0) is 44.5 Å². The Hall–Kier alpha value is -0.740. The molecule has 0 unspecified atom stereocenters. The van der Waals surface area contributed by atoms with Crippen molar-refractivity contribution >= 4 is 15.9 Å². The molecule has 3 nitrogen and oxygen atoms in total. The zero-order chi connectivity index (χ0) is 15.0. The third-order valence-corrected chi connectivity index (χ3v) is 3.71. The highest BCUT2D eigenvalue weighted by molar-refractivity contribution is 9.10. The molecule has 0 saturated heterocycles. The monoisotopic (exact) mass is 343 g/mol. The van der Waals surface area contributed by atoms with Crippen LogP contribution in [0.25, 0.3) is 0 Å². The third-order valence-electron chi connectivity index (χ3n) is 2.97. The first-order valence-electron chi connectivity index (χ1n) is 7.32. The molecular weight excluding hydrogens is 318 g/mol. The van der Waals surface area contributed by atoms with Crippen LogP contribution in [-0.2, 0) is 6.54 Å². The van der Waals surface area contributed by atoms with Crippen molar-refractivity contribution in [3.63, 3.8) is 0 Å². The van der Waals surface area contributed by atoms with Gasteiger partial charge in [-0.25, -0.2) is 0 Å². The van der Waals surface area contributed by atoms with Crippen LogP contribution in [0.5, 0.6) is 11.5 Å². The molecule has 1 aromatic rings. The number of hydrogen-bond donors (Lipinski definition) is 1. The first-order chi connectivity index (χ1) is 9.58. The highest BCUT2D eigenvalue weighted by Gasteiger charge is 2.11. The summed E-state index contributed by atoms with van der Waals surface area (Å²) in [6.45, 7) is 8.12. The Morgan fingerprint density at radius 2 is 1.95 bits per heavy atom. The number of rotatable bonds is 9. The maximum Gasteiger partial charge on any atom is 0.162 e. The van der Waals surface area contributed by atoms with E-state index in [2.05, 4.69) is 28.2 Å². The van der Waals surface area contributed by atoms with Crippen molar-refractivity contribution in [3.8, 4) is 11.5 Å². The van der Waals surface area contributed by atoms with Crippen LogP contribution in [0.3, 0.4) is 0 Å². The van der Waals surface area contributed by atoms with Crippen LogP contribution in [0.1, 0.15) is 45.6 Å². The van der Waals surface area contributed by atoms with Gasteiger partial charge in [0.25, 0.3) is 0 Å². The van der Waals surface area contributed by atoms with Crippen molar-refractivity contribution in [1.82, 2.24) is 5.32 Å². The van der Waals surface area contributed by atoms with Gasteiger partial charge in [0.15, 0.2) is 11.5 Å². The van der Waals surface area contributed by atoms with Crippen molar-refractivity contribution in [2.45, 2.75) is 52.7 Å². The molecular formula is C16H26BrNO2. The summed E-state index contributed by atoms with van der Waals surface area (Å²) < 4.78 is 12.2. The second-order valence-corrected chi connectivity index (χ2v) is 6.00. The Balaban J connectivity index is 2.67. The lowest BCUT2D eigenvalue weighted by atomic mass is 10.2. The van der Waals surface area contributed by atoms with E-state index in [0.717, 1.165) is 29.1 Å². The number of ether oxygens (including phenoxy) is 2. The summed E-state index contributed by atoms with van der Waals surface area (Å²) in [5.41, 5.74) is 1.19. The third kappa shape index (κ3) is 5.71. The van der Waals surface area contributed by atoms with E-state index < -0.39 is 0 Å². The van der Waals surface area contributed by atoms with Crippen molar-refractivity contribution < 1.29 is 9.47 Å². The van der Waals surface area contributed by atoms with Gasteiger partial charge in [-0.1, -0.05) is 35.7 Å². The average Bonchev–Trinajstić information content (AvgIpc) is 2.40. The minimum Gasteiger partial charge on any atom is -0.493 e. The van der Waals surface area contributed by atoms with Gasteiger partial charge in [-0.3, -0.25) is 0 Å². The van der Waals surface area contributed by atoms with E-state index in [0.29, 0.717) is 0 Å². The molecule has 0 saturated carbocycles. The lowest BCUT2D eigenvalue weighted by Gasteiger charge is -2.16. The number of benzene rings is 1. The zero-order valence-electron chi connectivity index (χ0n) is 13.0. The molecule has 114 valence electrons. The van der Waals surface area contributed by atoms with Gasteiger partial charge in [0.2, 0.25) is 0 Å². The fourth-order valence-corrected chi connectivity index (χ4v) is 2.40. The van der Waals surface area contributed by atoms with Gasteiger partial charge in [0, 0.05) is 11.0 Å². The molecule has 1 N–H and O–H groups in total. The zero-order valence-corrected chi connectivity index (χ0v) is 14.5. The molecule has 0 heterocycles. The number of nitrogens with one attached hydrogen (secondary N) is 1. The Morgan fingerprint density at radius 1 is 1.20 bits per heavy atom. The fraction of sp³-hybridized carbons (Fsp3) is 0.625. The molecule has 0 amide bonds. The molecule has 4 heteroatoms. The van der Waals surface area contributed by atoms with Crippen LogP contribution < -0.4 is 14.8 Å². The average molecular weight is 344 g/mol. The Labute approximate surface area is 131 Å².